The molecular formula is C22H30Cl2N4O. The van der Waals surface area contributed by atoms with Crippen LogP contribution in [0.5, 0.6) is 0 Å². The van der Waals surface area contributed by atoms with Crippen LogP contribution in [-0.2, 0) is 11.2 Å². The van der Waals surface area contributed by atoms with Gasteiger partial charge in [0.1, 0.15) is 5.82 Å². The first-order chi connectivity index (χ1) is 13.3. The number of carbonyl (C=O) groups is 1. The summed E-state index contributed by atoms with van der Waals surface area (Å²) in [4.78, 5) is 12.7. The molecule has 0 spiro atoms. The van der Waals surface area contributed by atoms with Crippen molar-refractivity contribution in [2.45, 2.75) is 69.5 Å². The number of halogens is 2. The molecule has 2 fully saturated rings. The predicted molar refractivity (Wildman–Crippen MR) is 120 cm³/mol. The second-order valence-corrected chi connectivity index (χ2v) is 8.50. The topological polar surface area (TPSA) is 59.0 Å². The number of benzene rings is 1. The first-order valence-corrected chi connectivity index (χ1v) is 10.4. The molecule has 1 aromatic heterocycles. The summed E-state index contributed by atoms with van der Waals surface area (Å²) in [5.74, 6) is 1.47. The highest BCUT2D eigenvalue weighted by Gasteiger charge is 2.34. The molecule has 1 amide bonds. The molecule has 158 valence electrons. The van der Waals surface area contributed by atoms with Crippen LogP contribution < -0.4 is 10.6 Å². The largest absolute Gasteiger partial charge is 0.311 e. The van der Waals surface area contributed by atoms with Crippen LogP contribution in [-0.4, -0.2) is 27.8 Å². The Morgan fingerprint density at radius 3 is 2.66 bits per heavy atom. The second-order valence-electron chi connectivity index (χ2n) is 8.50. The Hall–Kier alpha value is -1.56. The van der Waals surface area contributed by atoms with Gasteiger partial charge in [-0.3, -0.25) is 4.79 Å². The van der Waals surface area contributed by atoms with E-state index in [0.29, 0.717) is 24.4 Å². The van der Waals surface area contributed by atoms with Crippen LogP contribution in [0.2, 0.25) is 0 Å². The number of amides is 1. The van der Waals surface area contributed by atoms with Gasteiger partial charge in [-0.2, -0.15) is 5.10 Å². The van der Waals surface area contributed by atoms with Crippen molar-refractivity contribution in [2.24, 2.45) is 5.92 Å². The van der Waals surface area contributed by atoms with E-state index in [-0.39, 0.29) is 36.8 Å². The van der Waals surface area contributed by atoms with E-state index < -0.39 is 0 Å². The molecule has 3 atom stereocenters. The van der Waals surface area contributed by atoms with Gasteiger partial charge in [0, 0.05) is 24.6 Å². The predicted octanol–water partition coefficient (Wildman–Crippen LogP) is 4.51. The number of rotatable bonds is 4. The molecule has 1 aliphatic carbocycles. The lowest BCUT2D eigenvalue weighted by molar-refractivity contribution is -0.117. The SMILES string of the molecule is Cl.Cl.O=C(CC1CC2CCC(C1)N2)Nc1ccnn1C1CCCc2ccccc21. The summed E-state index contributed by atoms with van der Waals surface area (Å²) in [6.07, 6.45) is 10.6. The Morgan fingerprint density at radius 2 is 1.86 bits per heavy atom. The molecule has 3 heterocycles. The van der Waals surface area contributed by atoms with Gasteiger partial charge in [-0.1, -0.05) is 24.3 Å². The number of nitrogens with zero attached hydrogens (tertiary/aromatic N) is 2. The second kappa shape index (κ2) is 9.50. The van der Waals surface area contributed by atoms with Gasteiger partial charge < -0.3 is 10.6 Å². The van der Waals surface area contributed by atoms with E-state index in [1.165, 1.54) is 24.0 Å². The van der Waals surface area contributed by atoms with E-state index in [1.807, 2.05) is 10.7 Å². The number of carbonyl (C=O) groups excluding carboxylic acids is 1. The molecule has 2 aliphatic heterocycles. The van der Waals surface area contributed by atoms with Crippen molar-refractivity contribution in [2.75, 3.05) is 5.32 Å². The van der Waals surface area contributed by atoms with E-state index in [0.717, 1.165) is 37.9 Å². The third-order valence-corrected chi connectivity index (χ3v) is 6.62. The molecule has 3 unspecified atom stereocenters. The van der Waals surface area contributed by atoms with Gasteiger partial charge in [0.25, 0.3) is 0 Å². The van der Waals surface area contributed by atoms with Gasteiger partial charge in [0.05, 0.1) is 12.2 Å². The van der Waals surface area contributed by atoms with Crippen molar-refractivity contribution in [3.63, 3.8) is 0 Å². The summed E-state index contributed by atoms with van der Waals surface area (Å²) in [7, 11) is 0. The molecule has 29 heavy (non-hydrogen) atoms. The zero-order chi connectivity index (χ0) is 18.2. The quantitative estimate of drug-likeness (QED) is 0.740. The summed E-state index contributed by atoms with van der Waals surface area (Å²) >= 11 is 0. The first kappa shape index (κ1) is 22.1. The van der Waals surface area contributed by atoms with E-state index in [9.17, 15) is 4.79 Å². The van der Waals surface area contributed by atoms with E-state index in [4.69, 9.17) is 0 Å². The maximum Gasteiger partial charge on any atom is 0.225 e. The zero-order valence-electron chi connectivity index (χ0n) is 16.5. The first-order valence-electron chi connectivity index (χ1n) is 10.4. The number of anilines is 1. The van der Waals surface area contributed by atoms with Gasteiger partial charge >= 0.3 is 0 Å². The Kier molecular flexibility index (Phi) is 7.25. The fourth-order valence-electron chi connectivity index (χ4n) is 5.44. The Balaban J connectivity index is 0.00000120. The third kappa shape index (κ3) is 4.62. The average molecular weight is 437 g/mol. The van der Waals surface area contributed by atoms with E-state index in [1.54, 1.807) is 6.20 Å². The molecule has 5 rings (SSSR count). The van der Waals surface area contributed by atoms with Crippen molar-refractivity contribution in [1.29, 1.82) is 0 Å². The maximum absolute atomic E-state index is 12.7. The van der Waals surface area contributed by atoms with Crippen molar-refractivity contribution >= 4 is 36.5 Å². The summed E-state index contributed by atoms with van der Waals surface area (Å²) in [5, 5.41) is 11.4. The molecule has 2 saturated heterocycles. The molecule has 7 heteroatoms. The van der Waals surface area contributed by atoms with Crippen molar-refractivity contribution in [1.82, 2.24) is 15.1 Å². The number of aryl methyl sites for hydroxylation is 1. The molecule has 1 aromatic carbocycles. The average Bonchev–Trinajstić information content (AvgIpc) is 3.27. The molecule has 2 bridgehead atoms. The molecule has 0 radical (unpaired) electrons. The van der Waals surface area contributed by atoms with Crippen LogP contribution in [0.3, 0.4) is 0 Å². The van der Waals surface area contributed by atoms with Gasteiger partial charge in [0.15, 0.2) is 0 Å². The minimum absolute atomic E-state index is 0. The summed E-state index contributed by atoms with van der Waals surface area (Å²) in [5.41, 5.74) is 2.75. The van der Waals surface area contributed by atoms with Crippen LogP contribution in [0.4, 0.5) is 5.82 Å². The smallest absolute Gasteiger partial charge is 0.225 e. The summed E-state index contributed by atoms with van der Waals surface area (Å²) in [6, 6.07) is 12.0. The normalized spacial score (nSPS) is 27.3. The lowest BCUT2D eigenvalue weighted by Gasteiger charge is -2.29. The Labute approximate surface area is 184 Å². The number of nitrogens with one attached hydrogen (secondary N) is 2. The van der Waals surface area contributed by atoms with Gasteiger partial charge in [-0.25, -0.2) is 4.68 Å². The number of aromatic nitrogens is 2. The number of piperidine rings is 1. The Bertz CT molecular complexity index is 828. The Morgan fingerprint density at radius 1 is 1.10 bits per heavy atom. The highest BCUT2D eigenvalue weighted by molar-refractivity contribution is 5.90. The number of hydrogen-bond acceptors (Lipinski definition) is 3. The standard InChI is InChI=1S/C22H28N4O.2ClH/c27-22(14-15-12-17-8-9-18(13-15)24-17)25-21-10-11-23-26(21)20-7-3-5-16-4-1-2-6-19(16)20;;/h1-2,4,6,10-11,15,17-18,20,24H,3,5,7-9,12-14H2,(H,25,27);2*1H. The minimum Gasteiger partial charge on any atom is -0.311 e. The van der Waals surface area contributed by atoms with Crippen molar-refractivity contribution in [3.8, 4) is 0 Å². The lowest BCUT2D eigenvalue weighted by Crippen LogP contribution is -2.39. The van der Waals surface area contributed by atoms with Crippen LogP contribution in [0.15, 0.2) is 36.5 Å². The highest BCUT2D eigenvalue weighted by Crippen LogP contribution is 2.35. The van der Waals surface area contributed by atoms with E-state index in [2.05, 4.69) is 40.0 Å². The summed E-state index contributed by atoms with van der Waals surface area (Å²) in [6.45, 7) is 0. The number of fused-ring (bicyclic) bond motifs is 3. The maximum atomic E-state index is 12.7. The van der Waals surface area contributed by atoms with Crippen molar-refractivity contribution < 1.29 is 4.79 Å². The molecular weight excluding hydrogens is 407 g/mol. The molecule has 5 nitrogen and oxygen atoms in total. The highest BCUT2D eigenvalue weighted by atomic mass is 35.5. The summed E-state index contributed by atoms with van der Waals surface area (Å²) < 4.78 is 2.02. The van der Waals surface area contributed by atoms with Crippen LogP contribution in [0.1, 0.15) is 62.1 Å². The number of hydrogen-bond donors (Lipinski definition) is 2. The van der Waals surface area contributed by atoms with Crippen LogP contribution in [0.25, 0.3) is 0 Å². The van der Waals surface area contributed by atoms with Crippen LogP contribution >= 0.6 is 24.8 Å². The van der Waals surface area contributed by atoms with Crippen LogP contribution in [0, 0.1) is 5.92 Å². The molecule has 2 aromatic rings. The van der Waals surface area contributed by atoms with E-state index >= 15 is 0 Å². The molecule has 2 N–H and O–H groups in total. The third-order valence-electron chi connectivity index (χ3n) is 6.62. The van der Waals surface area contributed by atoms with Gasteiger partial charge in [-0.05, 0) is 62.0 Å². The zero-order valence-corrected chi connectivity index (χ0v) is 18.2. The molecule has 3 aliphatic rings. The minimum atomic E-state index is 0. The fourth-order valence-corrected chi connectivity index (χ4v) is 5.44. The molecule has 0 saturated carbocycles. The van der Waals surface area contributed by atoms with Gasteiger partial charge in [0.2, 0.25) is 5.91 Å². The van der Waals surface area contributed by atoms with Crippen molar-refractivity contribution in [3.05, 3.63) is 47.7 Å². The lowest BCUT2D eigenvalue weighted by atomic mass is 9.88. The fraction of sp³-hybridized carbons (Fsp3) is 0.545. The van der Waals surface area contributed by atoms with Gasteiger partial charge in [-0.15, -0.1) is 24.8 Å². The monoisotopic (exact) mass is 436 g/mol.